The van der Waals surface area contributed by atoms with Crippen LogP contribution in [0.3, 0.4) is 0 Å². The van der Waals surface area contributed by atoms with Crippen molar-refractivity contribution in [3.8, 4) is 0 Å². The molecule has 0 unspecified atom stereocenters. The molecule has 2 rings (SSSR count). The van der Waals surface area contributed by atoms with Gasteiger partial charge >= 0.3 is 0 Å². The maximum absolute atomic E-state index is 11.2. The van der Waals surface area contributed by atoms with Crippen LogP contribution in [0.1, 0.15) is 19.3 Å². The van der Waals surface area contributed by atoms with Crippen molar-refractivity contribution in [2.75, 3.05) is 26.3 Å². The van der Waals surface area contributed by atoms with E-state index >= 15 is 0 Å². The summed E-state index contributed by atoms with van der Waals surface area (Å²) in [5, 5.41) is 3.19. The van der Waals surface area contributed by atoms with E-state index in [9.17, 15) is 4.79 Å². The van der Waals surface area contributed by atoms with E-state index in [1.807, 2.05) is 0 Å². The fraction of sp³-hybridized carbons (Fsp3) is 0.889. The van der Waals surface area contributed by atoms with Crippen LogP contribution >= 0.6 is 0 Å². The van der Waals surface area contributed by atoms with Gasteiger partial charge in [-0.2, -0.15) is 0 Å². The molecule has 2 saturated heterocycles. The number of piperidine rings is 1. The molecular formula is C9H15NO2. The van der Waals surface area contributed by atoms with E-state index in [4.69, 9.17) is 4.74 Å². The topological polar surface area (TPSA) is 38.3 Å². The van der Waals surface area contributed by atoms with Gasteiger partial charge in [-0.3, -0.25) is 4.79 Å². The van der Waals surface area contributed by atoms with Gasteiger partial charge in [-0.1, -0.05) is 0 Å². The van der Waals surface area contributed by atoms with E-state index in [1.54, 1.807) is 0 Å². The predicted octanol–water partition coefficient (Wildman–Crippen LogP) is 0.346. The number of nitrogens with one attached hydrogen (secondary N) is 1. The molecule has 0 aromatic heterocycles. The molecule has 0 amide bonds. The number of ether oxygens (including phenoxy) is 1. The van der Waals surface area contributed by atoms with Crippen molar-refractivity contribution in [1.29, 1.82) is 0 Å². The monoisotopic (exact) mass is 169 g/mol. The van der Waals surface area contributed by atoms with Gasteiger partial charge < -0.3 is 10.1 Å². The Balaban J connectivity index is 2.02. The highest BCUT2D eigenvalue weighted by Gasteiger charge is 2.36. The summed E-state index contributed by atoms with van der Waals surface area (Å²) in [6.45, 7) is 3.23. The quantitative estimate of drug-likeness (QED) is 0.568. The van der Waals surface area contributed by atoms with E-state index < -0.39 is 0 Å². The molecule has 1 N–H and O–H groups in total. The molecule has 68 valence electrons. The Hall–Kier alpha value is -0.410. The average Bonchev–Trinajstić information content (AvgIpc) is 2.05. The van der Waals surface area contributed by atoms with Crippen LogP contribution < -0.4 is 5.32 Å². The highest BCUT2D eigenvalue weighted by Crippen LogP contribution is 2.35. The number of hydrogen-bond donors (Lipinski definition) is 1. The first-order valence-electron chi connectivity index (χ1n) is 4.61. The molecule has 0 aromatic carbocycles. The van der Waals surface area contributed by atoms with Gasteiger partial charge in [-0.05, 0) is 18.3 Å². The van der Waals surface area contributed by atoms with Crippen LogP contribution in [0.5, 0.6) is 0 Å². The van der Waals surface area contributed by atoms with Crippen LogP contribution in [0.2, 0.25) is 0 Å². The lowest BCUT2D eigenvalue weighted by Gasteiger charge is -2.39. The summed E-state index contributed by atoms with van der Waals surface area (Å²) in [7, 11) is 0. The van der Waals surface area contributed by atoms with E-state index in [1.165, 1.54) is 0 Å². The third-order valence-corrected chi connectivity index (χ3v) is 2.95. The van der Waals surface area contributed by atoms with E-state index in [2.05, 4.69) is 5.32 Å². The Bertz CT molecular complexity index is 179. The molecule has 0 bridgehead atoms. The summed E-state index contributed by atoms with van der Waals surface area (Å²) in [6, 6.07) is 0. The minimum absolute atomic E-state index is 0.244. The molecule has 0 radical (unpaired) electrons. The van der Waals surface area contributed by atoms with Crippen molar-refractivity contribution < 1.29 is 9.53 Å². The lowest BCUT2D eigenvalue weighted by Crippen LogP contribution is -2.47. The van der Waals surface area contributed by atoms with Crippen LogP contribution in [0.4, 0.5) is 0 Å². The summed E-state index contributed by atoms with van der Waals surface area (Å²) in [5.41, 5.74) is 0.244. The van der Waals surface area contributed by atoms with Crippen molar-refractivity contribution in [1.82, 2.24) is 5.32 Å². The second kappa shape index (κ2) is 3.15. The maximum Gasteiger partial charge on any atom is 0.147 e. The largest absolute Gasteiger partial charge is 0.381 e. The van der Waals surface area contributed by atoms with Gasteiger partial charge in [0.05, 0.1) is 6.54 Å². The first-order valence-corrected chi connectivity index (χ1v) is 4.61. The SMILES string of the molecule is O=C1CNCC2(CCOCC2)C1. The Morgan fingerprint density at radius 2 is 2.08 bits per heavy atom. The molecule has 0 aromatic rings. The number of carbonyl (C=O) groups excluding carboxylic acids is 1. The van der Waals surface area contributed by atoms with Gasteiger partial charge in [0.25, 0.3) is 0 Å². The summed E-state index contributed by atoms with van der Waals surface area (Å²) < 4.78 is 5.29. The summed E-state index contributed by atoms with van der Waals surface area (Å²) in [6.07, 6.45) is 2.86. The van der Waals surface area contributed by atoms with Crippen molar-refractivity contribution in [2.24, 2.45) is 5.41 Å². The first kappa shape index (κ1) is 8.20. The minimum Gasteiger partial charge on any atom is -0.381 e. The normalized spacial score (nSPS) is 29.2. The van der Waals surface area contributed by atoms with Crippen LogP contribution in [0.25, 0.3) is 0 Å². The van der Waals surface area contributed by atoms with Gasteiger partial charge in [0, 0.05) is 26.2 Å². The van der Waals surface area contributed by atoms with Crippen LogP contribution in [0.15, 0.2) is 0 Å². The second-order valence-electron chi connectivity index (χ2n) is 3.93. The molecule has 2 aliphatic heterocycles. The fourth-order valence-corrected chi connectivity index (χ4v) is 2.17. The fourth-order valence-electron chi connectivity index (χ4n) is 2.17. The molecule has 2 aliphatic rings. The molecule has 3 nitrogen and oxygen atoms in total. The molecule has 0 saturated carbocycles. The Morgan fingerprint density at radius 3 is 2.75 bits per heavy atom. The summed E-state index contributed by atoms with van der Waals surface area (Å²) in [4.78, 5) is 11.2. The number of ketones is 1. The van der Waals surface area contributed by atoms with Gasteiger partial charge in [-0.25, -0.2) is 0 Å². The minimum atomic E-state index is 0.244. The Kier molecular flexibility index (Phi) is 2.15. The van der Waals surface area contributed by atoms with Crippen molar-refractivity contribution in [2.45, 2.75) is 19.3 Å². The lowest BCUT2D eigenvalue weighted by atomic mass is 9.74. The van der Waals surface area contributed by atoms with Crippen molar-refractivity contribution in [3.05, 3.63) is 0 Å². The molecule has 3 heteroatoms. The first-order chi connectivity index (χ1) is 5.81. The molecular weight excluding hydrogens is 154 g/mol. The third-order valence-electron chi connectivity index (χ3n) is 2.95. The number of Topliss-reactive ketones (excluding diaryl/α,β-unsaturated/α-hetero) is 1. The van der Waals surface area contributed by atoms with Gasteiger partial charge in [0.15, 0.2) is 0 Å². The zero-order chi connectivity index (χ0) is 8.44. The molecule has 0 aliphatic carbocycles. The zero-order valence-electron chi connectivity index (χ0n) is 7.27. The second-order valence-corrected chi connectivity index (χ2v) is 3.93. The predicted molar refractivity (Wildman–Crippen MR) is 45.0 cm³/mol. The van der Waals surface area contributed by atoms with E-state index in [-0.39, 0.29) is 5.41 Å². The standard InChI is InChI=1S/C9H15NO2/c11-8-5-9(7-10-6-8)1-3-12-4-2-9/h10H,1-7H2. The summed E-state index contributed by atoms with van der Waals surface area (Å²) >= 11 is 0. The summed E-state index contributed by atoms with van der Waals surface area (Å²) in [5.74, 6) is 0.364. The highest BCUT2D eigenvalue weighted by atomic mass is 16.5. The molecule has 0 atom stereocenters. The lowest BCUT2D eigenvalue weighted by molar-refractivity contribution is -0.124. The average molecular weight is 169 g/mol. The van der Waals surface area contributed by atoms with Gasteiger partial charge in [-0.15, -0.1) is 0 Å². The number of carbonyl (C=O) groups is 1. The van der Waals surface area contributed by atoms with Gasteiger partial charge in [0.2, 0.25) is 0 Å². The van der Waals surface area contributed by atoms with E-state index in [0.29, 0.717) is 12.3 Å². The molecule has 12 heavy (non-hydrogen) atoms. The molecule has 2 fully saturated rings. The Labute approximate surface area is 72.5 Å². The van der Waals surface area contributed by atoms with E-state index in [0.717, 1.165) is 39.0 Å². The third kappa shape index (κ3) is 1.52. The zero-order valence-corrected chi connectivity index (χ0v) is 7.27. The van der Waals surface area contributed by atoms with Gasteiger partial charge in [0.1, 0.15) is 5.78 Å². The highest BCUT2D eigenvalue weighted by molar-refractivity contribution is 5.82. The van der Waals surface area contributed by atoms with Crippen LogP contribution in [-0.4, -0.2) is 32.1 Å². The van der Waals surface area contributed by atoms with Crippen LogP contribution in [-0.2, 0) is 9.53 Å². The van der Waals surface area contributed by atoms with Crippen molar-refractivity contribution in [3.63, 3.8) is 0 Å². The number of hydrogen-bond acceptors (Lipinski definition) is 3. The molecule has 1 spiro atoms. The van der Waals surface area contributed by atoms with Crippen LogP contribution in [0, 0.1) is 5.41 Å². The smallest absolute Gasteiger partial charge is 0.147 e. The maximum atomic E-state index is 11.2. The number of rotatable bonds is 0. The Morgan fingerprint density at radius 1 is 1.33 bits per heavy atom. The van der Waals surface area contributed by atoms with Crippen molar-refractivity contribution >= 4 is 5.78 Å². The molecule has 2 heterocycles.